The van der Waals surface area contributed by atoms with Gasteiger partial charge in [0.1, 0.15) is 31.1 Å². The van der Waals surface area contributed by atoms with Gasteiger partial charge in [0, 0.05) is 47.7 Å². The van der Waals surface area contributed by atoms with Crippen molar-refractivity contribution in [1.82, 2.24) is 14.1 Å². The fourth-order valence-electron chi connectivity index (χ4n) is 4.44. The molecule has 1 saturated carbocycles. The highest BCUT2D eigenvalue weighted by Gasteiger charge is 2.54. The molecule has 2 fully saturated rings. The van der Waals surface area contributed by atoms with Crippen LogP contribution in [0.4, 0.5) is 30.7 Å². The molecule has 3 unspecified atom stereocenters. The summed E-state index contributed by atoms with van der Waals surface area (Å²) in [7, 11) is 0. The highest BCUT2D eigenvalue weighted by molar-refractivity contribution is 7.98. The number of hydrogen-bond acceptors (Lipinski definition) is 5. The van der Waals surface area contributed by atoms with Crippen molar-refractivity contribution in [2.45, 2.75) is 68.1 Å². The number of rotatable bonds is 6. The lowest BCUT2D eigenvalue weighted by Gasteiger charge is -2.44. The molecule has 1 aromatic carbocycles. The van der Waals surface area contributed by atoms with Gasteiger partial charge in [0.2, 0.25) is 0 Å². The summed E-state index contributed by atoms with van der Waals surface area (Å²) in [5.41, 5.74) is 7.48. The SMILES string of the molecule is FC/C=C\CF.NC1CC(N2Cc3cn(SC4CC4)nc3C2)C(C(F)(F)F)O[C@@H]1c1cc(F)ccc1F. The van der Waals surface area contributed by atoms with Crippen molar-refractivity contribution in [2.24, 2.45) is 5.73 Å². The van der Waals surface area contributed by atoms with Crippen LogP contribution in [0.25, 0.3) is 0 Å². The van der Waals surface area contributed by atoms with E-state index in [-0.39, 0.29) is 18.5 Å². The van der Waals surface area contributed by atoms with Gasteiger partial charge in [-0.1, -0.05) is 12.2 Å². The maximum absolute atomic E-state index is 14.2. The van der Waals surface area contributed by atoms with Crippen LogP contribution in [-0.4, -0.2) is 57.0 Å². The molecular formula is C24H27F7N4OS. The molecule has 1 aliphatic carbocycles. The molecule has 0 radical (unpaired) electrons. The summed E-state index contributed by atoms with van der Waals surface area (Å²) in [5.74, 6) is -1.60. The number of hydrogen-bond donors (Lipinski definition) is 1. The molecule has 4 atom stereocenters. The van der Waals surface area contributed by atoms with Crippen LogP contribution in [0.1, 0.15) is 42.2 Å². The molecule has 1 saturated heterocycles. The third kappa shape index (κ3) is 6.87. The summed E-state index contributed by atoms with van der Waals surface area (Å²) in [6.45, 7) is -0.555. The van der Waals surface area contributed by atoms with E-state index in [2.05, 4.69) is 5.10 Å². The van der Waals surface area contributed by atoms with Crippen LogP contribution in [0.5, 0.6) is 0 Å². The number of alkyl halides is 5. The van der Waals surface area contributed by atoms with E-state index in [0.29, 0.717) is 11.8 Å². The van der Waals surface area contributed by atoms with E-state index in [1.165, 1.54) is 0 Å². The number of ether oxygens (including phenoxy) is 1. The maximum Gasteiger partial charge on any atom is 0.416 e. The molecule has 0 amide bonds. The van der Waals surface area contributed by atoms with Crippen LogP contribution in [0, 0.1) is 11.6 Å². The number of allylic oxidation sites excluding steroid dienone is 2. The minimum Gasteiger partial charge on any atom is -0.357 e. The molecule has 5 nitrogen and oxygen atoms in total. The van der Waals surface area contributed by atoms with Gasteiger partial charge in [-0.2, -0.15) is 18.3 Å². The Bertz CT molecular complexity index is 1060. The van der Waals surface area contributed by atoms with Crippen LogP contribution in [0.15, 0.2) is 36.5 Å². The van der Waals surface area contributed by atoms with Gasteiger partial charge in [0.15, 0.2) is 6.10 Å². The van der Waals surface area contributed by atoms with Gasteiger partial charge in [-0.05, 0) is 49.4 Å². The highest BCUT2D eigenvalue weighted by Crippen LogP contribution is 2.43. The normalized spacial score (nSPS) is 26.3. The van der Waals surface area contributed by atoms with Gasteiger partial charge in [0.05, 0.1) is 5.69 Å². The molecule has 0 bridgehead atoms. The number of fused-ring (bicyclic) bond motifs is 1. The van der Waals surface area contributed by atoms with Gasteiger partial charge < -0.3 is 10.5 Å². The lowest BCUT2D eigenvalue weighted by Crippen LogP contribution is -2.58. The van der Waals surface area contributed by atoms with Crippen molar-refractivity contribution in [1.29, 1.82) is 0 Å². The average molecular weight is 553 g/mol. The number of nitrogens with zero attached hydrogens (tertiary/aromatic N) is 3. The van der Waals surface area contributed by atoms with Crippen molar-refractivity contribution < 1.29 is 35.5 Å². The molecule has 3 aliphatic rings. The Morgan fingerprint density at radius 1 is 1.11 bits per heavy atom. The molecular weight excluding hydrogens is 525 g/mol. The molecule has 3 heterocycles. The van der Waals surface area contributed by atoms with Gasteiger partial charge >= 0.3 is 6.18 Å². The average Bonchev–Trinajstić information content (AvgIpc) is 3.44. The second-order valence-corrected chi connectivity index (χ2v) is 10.4. The van der Waals surface area contributed by atoms with Crippen molar-refractivity contribution in [3.8, 4) is 0 Å². The Kier molecular flexibility index (Phi) is 8.87. The minimum absolute atomic E-state index is 0.0636. The molecule has 2 aromatic rings. The second-order valence-electron chi connectivity index (χ2n) is 9.14. The predicted molar refractivity (Wildman–Crippen MR) is 125 cm³/mol. The van der Waals surface area contributed by atoms with Crippen molar-refractivity contribution in [3.63, 3.8) is 0 Å². The molecule has 1 aromatic heterocycles. The Balaban J connectivity index is 0.000000480. The fraction of sp³-hybridized carbons (Fsp3) is 0.542. The number of halogens is 7. The molecule has 13 heteroatoms. The third-order valence-corrected chi connectivity index (χ3v) is 7.48. The van der Waals surface area contributed by atoms with E-state index in [1.54, 1.807) is 20.9 Å². The first-order valence-corrected chi connectivity index (χ1v) is 12.6. The summed E-state index contributed by atoms with van der Waals surface area (Å²) >= 11 is 1.63. The van der Waals surface area contributed by atoms with Gasteiger partial charge in [-0.3, -0.25) is 4.90 Å². The first kappa shape index (κ1) is 27.9. The lowest BCUT2D eigenvalue weighted by atomic mass is 9.89. The number of benzene rings is 1. The number of aromatic nitrogens is 2. The van der Waals surface area contributed by atoms with Crippen LogP contribution < -0.4 is 5.73 Å². The second kappa shape index (κ2) is 11.7. The summed E-state index contributed by atoms with van der Waals surface area (Å²) in [6.07, 6.45) is -1.85. The molecule has 2 N–H and O–H groups in total. The molecule has 2 aliphatic heterocycles. The van der Waals surface area contributed by atoms with E-state index in [9.17, 15) is 30.7 Å². The fourth-order valence-corrected chi connectivity index (χ4v) is 5.43. The van der Waals surface area contributed by atoms with Crippen molar-refractivity contribution in [3.05, 3.63) is 65.0 Å². The summed E-state index contributed by atoms with van der Waals surface area (Å²) in [6, 6.07) is 0.659. The molecule has 5 rings (SSSR count). The standard InChI is InChI=1S/C20H21F5N4OS.C4H6F2/c21-11-1-4-14(22)13(5-11)18-15(26)6-17(19(30-18)20(23,24)25)28-7-10-8-29(27-16(10)9-28)31-12-2-3-12;5-3-1-2-4-6/h1,4-5,8,12,15,17-19H,2-3,6-7,9,26H2;1-2H,3-4H2/b;2-1-/t15?,17?,18-,19?;/m1./s1. The molecule has 37 heavy (non-hydrogen) atoms. The Labute approximate surface area is 213 Å². The Hall–Kier alpha value is -2.09. The van der Waals surface area contributed by atoms with E-state index in [1.807, 2.05) is 6.20 Å². The quantitative estimate of drug-likeness (QED) is 0.384. The first-order chi connectivity index (χ1) is 17.6. The summed E-state index contributed by atoms with van der Waals surface area (Å²) in [5, 5.41) is 5.06. The topological polar surface area (TPSA) is 56.3 Å². The molecule has 204 valence electrons. The minimum atomic E-state index is -4.69. The van der Waals surface area contributed by atoms with Crippen LogP contribution >= 0.6 is 11.9 Å². The van der Waals surface area contributed by atoms with Gasteiger partial charge in [-0.25, -0.2) is 21.6 Å². The zero-order chi connectivity index (χ0) is 26.7. The van der Waals surface area contributed by atoms with Gasteiger partial charge in [0.25, 0.3) is 0 Å². The van der Waals surface area contributed by atoms with E-state index in [0.717, 1.165) is 54.5 Å². The number of nitrogens with two attached hydrogens (primary N) is 1. The van der Waals surface area contributed by atoms with Crippen LogP contribution in [-0.2, 0) is 17.8 Å². The lowest BCUT2D eigenvalue weighted by molar-refractivity contribution is -0.269. The summed E-state index contributed by atoms with van der Waals surface area (Å²) < 4.78 is 98.6. The Morgan fingerprint density at radius 3 is 2.41 bits per heavy atom. The van der Waals surface area contributed by atoms with Gasteiger partial charge in [-0.15, -0.1) is 0 Å². The highest BCUT2D eigenvalue weighted by atomic mass is 32.2. The third-order valence-electron chi connectivity index (χ3n) is 6.31. The smallest absolute Gasteiger partial charge is 0.357 e. The van der Waals surface area contributed by atoms with Crippen LogP contribution in [0.3, 0.4) is 0 Å². The van der Waals surface area contributed by atoms with E-state index >= 15 is 0 Å². The maximum atomic E-state index is 14.2. The van der Waals surface area contributed by atoms with E-state index in [4.69, 9.17) is 10.5 Å². The van der Waals surface area contributed by atoms with Crippen molar-refractivity contribution >= 4 is 11.9 Å². The van der Waals surface area contributed by atoms with Crippen molar-refractivity contribution in [2.75, 3.05) is 13.3 Å². The first-order valence-electron chi connectivity index (χ1n) is 11.8. The zero-order valence-electron chi connectivity index (χ0n) is 19.7. The monoisotopic (exact) mass is 552 g/mol. The molecule has 0 spiro atoms. The van der Waals surface area contributed by atoms with E-state index < -0.39 is 55.5 Å². The Morgan fingerprint density at radius 2 is 1.81 bits per heavy atom. The zero-order valence-corrected chi connectivity index (χ0v) is 20.5. The van der Waals surface area contributed by atoms with Crippen LogP contribution in [0.2, 0.25) is 0 Å². The largest absolute Gasteiger partial charge is 0.416 e. The summed E-state index contributed by atoms with van der Waals surface area (Å²) in [4.78, 5) is 1.67. The predicted octanol–water partition coefficient (Wildman–Crippen LogP) is 5.41.